The van der Waals surface area contributed by atoms with Gasteiger partial charge in [-0.3, -0.25) is 0 Å². The van der Waals surface area contributed by atoms with E-state index >= 15 is 0 Å². The first kappa shape index (κ1) is 19.6. The van der Waals surface area contributed by atoms with Crippen LogP contribution in [0.3, 0.4) is 0 Å². The number of hydrogen-bond acceptors (Lipinski definition) is 4. The Hall–Kier alpha value is -1.70. The van der Waals surface area contributed by atoms with Gasteiger partial charge in [0.2, 0.25) is 10.0 Å². The monoisotopic (exact) mass is 381 g/mol. The van der Waals surface area contributed by atoms with Gasteiger partial charge in [-0.25, -0.2) is 17.5 Å². The molecule has 0 atom stereocenters. The Balaban J connectivity index is 1.82. The molecule has 1 heterocycles. The summed E-state index contributed by atoms with van der Waals surface area (Å²) in [5.74, 6) is -0.921. The molecule has 0 aliphatic carbocycles. The number of aromatic carboxylic acids is 1. The molecular formula is C18H23NO4S2. The molecule has 1 N–H and O–H groups in total. The lowest BCUT2D eigenvalue weighted by molar-refractivity contribution is 0.0702. The Morgan fingerprint density at radius 2 is 1.68 bits per heavy atom. The van der Waals surface area contributed by atoms with E-state index in [2.05, 4.69) is 0 Å². The summed E-state index contributed by atoms with van der Waals surface area (Å²) < 4.78 is 25.4. The molecule has 0 spiro atoms. The van der Waals surface area contributed by atoms with Crippen molar-refractivity contribution < 1.29 is 18.3 Å². The lowest BCUT2D eigenvalue weighted by atomic mass is 10.1. The zero-order valence-corrected chi connectivity index (χ0v) is 15.9. The summed E-state index contributed by atoms with van der Waals surface area (Å²) in [6.45, 7) is 0.951. The summed E-state index contributed by atoms with van der Waals surface area (Å²) in [4.78, 5) is 12.2. The van der Waals surface area contributed by atoms with E-state index in [9.17, 15) is 13.2 Å². The average Bonchev–Trinajstić information content (AvgIpc) is 3.02. The Labute approximate surface area is 153 Å². The zero-order valence-electron chi connectivity index (χ0n) is 14.2. The van der Waals surface area contributed by atoms with Crippen LogP contribution in [0.4, 0.5) is 0 Å². The first-order chi connectivity index (χ1) is 11.9. The van der Waals surface area contributed by atoms with Crippen molar-refractivity contribution in [3.8, 4) is 0 Å². The molecule has 0 aliphatic rings. The van der Waals surface area contributed by atoms with E-state index in [0.29, 0.717) is 30.8 Å². The number of aryl methyl sites for hydroxylation is 2. The average molecular weight is 382 g/mol. The minimum Gasteiger partial charge on any atom is -0.477 e. The fourth-order valence-electron chi connectivity index (χ4n) is 2.60. The van der Waals surface area contributed by atoms with Gasteiger partial charge >= 0.3 is 5.97 Å². The van der Waals surface area contributed by atoms with Crippen LogP contribution < -0.4 is 0 Å². The quantitative estimate of drug-likeness (QED) is 0.685. The Morgan fingerprint density at radius 3 is 2.24 bits per heavy atom. The number of sulfonamides is 1. The van der Waals surface area contributed by atoms with E-state index in [1.807, 2.05) is 30.3 Å². The standard InChI is InChI=1S/C18H23NO4S2/c1-25(22,23)19(13-5-9-15-7-3-2-4-8-15)14-6-10-16-11-12-17(24-16)18(20)21/h2-4,7-8,11-12H,5-6,9-10,13-14H2,1H3,(H,20,21). The summed E-state index contributed by atoms with van der Waals surface area (Å²) >= 11 is 1.25. The largest absolute Gasteiger partial charge is 0.477 e. The van der Waals surface area contributed by atoms with E-state index in [-0.39, 0.29) is 0 Å². The first-order valence-electron chi connectivity index (χ1n) is 8.17. The smallest absolute Gasteiger partial charge is 0.345 e. The zero-order chi connectivity index (χ0) is 18.3. The van der Waals surface area contributed by atoms with E-state index in [1.54, 1.807) is 12.1 Å². The van der Waals surface area contributed by atoms with Crippen LogP contribution in [0.1, 0.15) is 33.0 Å². The number of rotatable bonds is 10. The number of carbonyl (C=O) groups is 1. The molecule has 136 valence electrons. The van der Waals surface area contributed by atoms with Crippen molar-refractivity contribution in [3.05, 3.63) is 57.8 Å². The second-order valence-corrected chi connectivity index (χ2v) is 9.08. The molecule has 0 fully saturated rings. The van der Waals surface area contributed by atoms with Crippen LogP contribution in [0, 0.1) is 0 Å². The highest BCUT2D eigenvalue weighted by Gasteiger charge is 2.16. The second kappa shape index (κ2) is 9.12. The summed E-state index contributed by atoms with van der Waals surface area (Å²) in [6, 6.07) is 13.4. The molecule has 7 heteroatoms. The predicted octanol–water partition coefficient (Wildman–Crippen LogP) is 3.27. The Bertz CT molecular complexity index is 784. The molecule has 0 saturated carbocycles. The lowest BCUT2D eigenvalue weighted by Gasteiger charge is -2.19. The van der Waals surface area contributed by atoms with Crippen molar-refractivity contribution in [2.45, 2.75) is 25.7 Å². The van der Waals surface area contributed by atoms with Gasteiger partial charge in [-0.1, -0.05) is 30.3 Å². The van der Waals surface area contributed by atoms with Crippen LogP contribution in [-0.2, 0) is 22.9 Å². The molecule has 2 rings (SSSR count). The molecule has 1 aromatic carbocycles. The minimum atomic E-state index is -3.24. The highest BCUT2D eigenvalue weighted by Crippen LogP contribution is 2.18. The lowest BCUT2D eigenvalue weighted by Crippen LogP contribution is -2.32. The van der Waals surface area contributed by atoms with Gasteiger partial charge in [-0.15, -0.1) is 11.3 Å². The fraction of sp³-hybridized carbons (Fsp3) is 0.389. The summed E-state index contributed by atoms with van der Waals surface area (Å²) in [6.07, 6.45) is 4.23. The summed E-state index contributed by atoms with van der Waals surface area (Å²) in [7, 11) is -3.24. The molecule has 0 saturated heterocycles. The van der Waals surface area contributed by atoms with Crippen LogP contribution in [0.15, 0.2) is 42.5 Å². The van der Waals surface area contributed by atoms with Crippen molar-refractivity contribution in [2.24, 2.45) is 0 Å². The molecular weight excluding hydrogens is 358 g/mol. The maximum absolute atomic E-state index is 12.0. The van der Waals surface area contributed by atoms with Crippen molar-refractivity contribution in [3.63, 3.8) is 0 Å². The van der Waals surface area contributed by atoms with Crippen LogP contribution in [0.25, 0.3) is 0 Å². The van der Waals surface area contributed by atoms with Gasteiger partial charge < -0.3 is 5.11 Å². The fourth-order valence-corrected chi connectivity index (χ4v) is 4.41. The highest BCUT2D eigenvalue weighted by molar-refractivity contribution is 7.88. The Kier molecular flexibility index (Phi) is 7.16. The number of thiophene rings is 1. The molecule has 0 unspecified atom stereocenters. The molecule has 1 aromatic heterocycles. The van der Waals surface area contributed by atoms with Crippen molar-refractivity contribution >= 4 is 27.3 Å². The van der Waals surface area contributed by atoms with Gasteiger partial charge in [0.05, 0.1) is 6.26 Å². The van der Waals surface area contributed by atoms with Gasteiger partial charge in [0.25, 0.3) is 0 Å². The van der Waals surface area contributed by atoms with Gasteiger partial charge in [-0.05, 0) is 43.4 Å². The van der Waals surface area contributed by atoms with Crippen LogP contribution in [-0.4, -0.2) is 43.1 Å². The predicted molar refractivity (Wildman–Crippen MR) is 101 cm³/mol. The van der Waals surface area contributed by atoms with Crippen LogP contribution in [0.2, 0.25) is 0 Å². The molecule has 0 bridgehead atoms. The normalized spacial score (nSPS) is 11.8. The number of nitrogens with zero attached hydrogens (tertiary/aromatic N) is 1. The summed E-state index contributed by atoms with van der Waals surface area (Å²) in [5.41, 5.74) is 1.20. The van der Waals surface area contributed by atoms with E-state index < -0.39 is 16.0 Å². The second-order valence-electron chi connectivity index (χ2n) is 5.93. The van der Waals surface area contributed by atoms with Crippen LogP contribution >= 0.6 is 11.3 Å². The number of carboxylic acids is 1. The molecule has 25 heavy (non-hydrogen) atoms. The van der Waals surface area contributed by atoms with Gasteiger partial charge in [0.1, 0.15) is 4.88 Å². The summed E-state index contributed by atoms with van der Waals surface area (Å²) in [5, 5.41) is 8.93. The molecule has 0 radical (unpaired) electrons. The first-order valence-corrected chi connectivity index (χ1v) is 10.8. The molecule has 5 nitrogen and oxygen atoms in total. The van der Waals surface area contributed by atoms with Gasteiger partial charge in [0.15, 0.2) is 0 Å². The third kappa shape index (κ3) is 6.61. The number of hydrogen-bond donors (Lipinski definition) is 1. The SMILES string of the molecule is CS(=O)(=O)N(CCCc1ccccc1)CCCc1ccc(C(=O)O)s1. The van der Waals surface area contributed by atoms with Crippen molar-refractivity contribution in [1.82, 2.24) is 4.31 Å². The van der Waals surface area contributed by atoms with Crippen LogP contribution in [0.5, 0.6) is 0 Å². The van der Waals surface area contributed by atoms with E-state index in [1.165, 1.54) is 27.5 Å². The van der Waals surface area contributed by atoms with Crippen molar-refractivity contribution in [1.29, 1.82) is 0 Å². The van der Waals surface area contributed by atoms with Gasteiger partial charge in [0, 0.05) is 18.0 Å². The maximum atomic E-state index is 12.0. The molecule has 2 aromatic rings. The number of benzene rings is 1. The molecule has 0 aliphatic heterocycles. The highest BCUT2D eigenvalue weighted by atomic mass is 32.2. The topological polar surface area (TPSA) is 74.7 Å². The van der Waals surface area contributed by atoms with E-state index in [4.69, 9.17) is 5.11 Å². The third-order valence-corrected chi connectivity index (χ3v) is 6.32. The van der Waals surface area contributed by atoms with Crippen molar-refractivity contribution in [2.75, 3.05) is 19.3 Å². The molecule has 0 amide bonds. The van der Waals surface area contributed by atoms with E-state index in [0.717, 1.165) is 17.7 Å². The minimum absolute atomic E-state index is 0.317. The van der Waals surface area contributed by atoms with Gasteiger partial charge in [-0.2, -0.15) is 0 Å². The third-order valence-electron chi connectivity index (χ3n) is 3.89. The maximum Gasteiger partial charge on any atom is 0.345 e. The Morgan fingerprint density at radius 1 is 1.04 bits per heavy atom. The number of carboxylic acid groups (broad SMARTS) is 1.